The zero-order valence-electron chi connectivity index (χ0n) is 19.3. The number of halogens is 3. The van der Waals surface area contributed by atoms with Gasteiger partial charge in [0, 0.05) is 11.3 Å². The van der Waals surface area contributed by atoms with Crippen molar-refractivity contribution in [3.05, 3.63) is 94.0 Å². The Bertz CT molecular complexity index is 1250. The summed E-state index contributed by atoms with van der Waals surface area (Å²) in [4.78, 5) is 26.1. The van der Waals surface area contributed by atoms with Crippen LogP contribution in [0, 0.1) is 6.92 Å². The van der Waals surface area contributed by atoms with Gasteiger partial charge in [-0.3, -0.25) is 9.59 Å². The Morgan fingerprint density at radius 3 is 2.46 bits per heavy atom. The number of alkyl halides is 3. The summed E-state index contributed by atoms with van der Waals surface area (Å²) in [7, 11) is 0. The summed E-state index contributed by atoms with van der Waals surface area (Å²) in [5, 5.41) is 0. The molecule has 0 atom stereocenters. The third kappa shape index (κ3) is 5.31. The first-order valence-electron chi connectivity index (χ1n) is 11.1. The number of nitrogens with zero attached hydrogens (tertiary/aromatic N) is 1. The summed E-state index contributed by atoms with van der Waals surface area (Å²) in [6.45, 7) is 4.44. The van der Waals surface area contributed by atoms with Crippen molar-refractivity contribution < 1.29 is 32.2 Å². The minimum absolute atomic E-state index is 0.184. The van der Waals surface area contributed by atoms with Crippen LogP contribution in [0.3, 0.4) is 0 Å². The second-order valence-electron chi connectivity index (χ2n) is 8.25. The number of carbonyl (C=O) groups excluding carboxylic acids is 2. The van der Waals surface area contributed by atoms with E-state index in [1.165, 1.54) is 17.0 Å². The molecule has 3 aromatic rings. The molecule has 0 N–H and O–H groups in total. The molecule has 182 valence electrons. The number of benzene rings is 3. The lowest BCUT2D eigenvalue weighted by Gasteiger charge is -2.17. The number of carbonyl (C=O) groups is 2. The second-order valence-corrected chi connectivity index (χ2v) is 8.25. The van der Waals surface area contributed by atoms with Gasteiger partial charge in [0.1, 0.15) is 12.4 Å². The standard InChI is InChI=1S/C27H24F3NO4/c1-3-34-25(32)14-18-7-12-24(17(2)13-18)35-16-19-5-4-6-22-23(19)15-31(26(22)33)21-10-8-20(9-11-21)27(28,29)30/h4-13H,3,14-16H2,1-2H3. The van der Waals surface area contributed by atoms with Crippen molar-refractivity contribution in [2.24, 2.45) is 0 Å². The Morgan fingerprint density at radius 1 is 1.06 bits per heavy atom. The summed E-state index contributed by atoms with van der Waals surface area (Å²) in [6, 6.07) is 15.4. The maximum Gasteiger partial charge on any atom is 0.416 e. The first-order valence-corrected chi connectivity index (χ1v) is 11.1. The van der Waals surface area contributed by atoms with Crippen molar-refractivity contribution in [2.75, 3.05) is 11.5 Å². The Hall–Kier alpha value is -3.81. The lowest BCUT2D eigenvalue weighted by Crippen LogP contribution is -2.23. The molecule has 1 heterocycles. The van der Waals surface area contributed by atoms with E-state index in [9.17, 15) is 22.8 Å². The SMILES string of the molecule is CCOC(=O)Cc1ccc(OCc2cccc3c2CN(c2ccc(C(F)(F)F)cc2)C3=O)c(C)c1. The van der Waals surface area contributed by atoms with E-state index in [2.05, 4.69) is 0 Å². The van der Waals surface area contributed by atoms with E-state index in [1.807, 2.05) is 25.1 Å². The lowest BCUT2D eigenvalue weighted by atomic mass is 10.0. The number of hydrogen-bond donors (Lipinski definition) is 0. The third-order valence-electron chi connectivity index (χ3n) is 5.85. The van der Waals surface area contributed by atoms with Gasteiger partial charge in [0.25, 0.3) is 5.91 Å². The van der Waals surface area contributed by atoms with Crippen LogP contribution in [0.1, 0.15) is 45.1 Å². The van der Waals surface area contributed by atoms with Crippen molar-refractivity contribution in [2.45, 2.75) is 39.6 Å². The van der Waals surface area contributed by atoms with E-state index in [0.717, 1.165) is 34.4 Å². The van der Waals surface area contributed by atoms with Crippen LogP contribution in [-0.4, -0.2) is 18.5 Å². The molecule has 5 nitrogen and oxygen atoms in total. The van der Waals surface area contributed by atoms with E-state index in [0.29, 0.717) is 23.6 Å². The highest BCUT2D eigenvalue weighted by molar-refractivity contribution is 6.10. The highest BCUT2D eigenvalue weighted by Crippen LogP contribution is 2.34. The van der Waals surface area contributed by atoms with E-state index in [4.69, 9.17) is 9.47 Å². The zero-order chi connectivity index (χ0) is 25.2. The average molecular weight is 483 g/mol. The van der Waals surface area contributed by atoms with Gasteiger partial charge in [-0.2, -0.15) is 13.2 Å². The number of hydrogen-bond acceptors (Lipinski definition) is 4. The van der Waals surface area contributed by atoms with Crippen molar-refractivity contribution in [3.63, 3.8) is 0 Å². The zero-order valence-corrected chi connectivity index (χ0v) is 19.3. The van der Waals surface area contributed by atoms with Gasteiger partial charge in [-0.1, -0.05) is 24.3 Å². The van der Waals surface area contributed by atoms with Gasteiger partial charge in [-0.25, -0.2) is 0 Å². The van der Waals surface area contributed by atoms with Crippen LogP contribution in [0.4, 0.5) is 18.9 Å². The van der Waals surface area contributed by atoms with Crippen LogP contribution in [0.2, 0.25) is 0 Å². The smallest absolute Gasteiger partial charge is 0.416 e. The van der Waals surface area contributed by atoms with Crippen LogP contribution < -0.4 is 9.64 Å². The second kappa shape index (κ2) is 9.82. The maximum atomic E-state index is 13.0. The largest absolute Gasteiger partial charge is 0.489 e. The van der Waals surface area contributed by atoms with Gasteiger partial charge in [0.2, 0.25) is 0 Å². The molecule has 0 spiro atoms. The summed E-state index contributed by atoms with van der Waals surface area (Å²) >= 11 is 0. The molecule has 3 aromatic carbocycles. The highest BCUT2D eigenvalue weighted by Gasteiger charge is 2.33. The van der Waals surface area contributed by atoms with Crippen molar-refractivity contribution in [1.29, 1.82) is 0 Å². The number of anilines is 1. The molecular weight excluding hydrogens is 459 g/mol. The van der Waals surface area contributed by atoms with Gasteiger partial charge in [-0.15, -0.1) is 0 Å². The van der Waals surface area contributed by atoms with Crippen molar-refractivity contribution in [1.82, 2.24) is 0 Å². The van der Waals surface area contributed by atoms with Crippen LogP contribution in [0.5, 0.6) is 5.75 Å². The fourth-order valence-electron chi connectivity index (χ4n) is 4.09. The predicted octanol–water partition coefficient (Wildman–Crippen LogP) is 5.86. The molecule has 4 rings (SSSR count). The molecule has 1 aliphatic heterocycles. The first kappa shape index (κ1) is 24.3. The van der Waals surface area contributed by atoms with E-state index in [-0.39, 0.29) is 31.4 Å². The number of esters is 1. The van der Waals surface area contributed by atoms with Crippen LogP contribution in [-0.2, 0) is 35.3 Å². The van der Waals surface area contributed by atoms with Gasteiger partial charge in [0.05, 0.1) is 25.1 Å². The van der Waals surface area contributed by atoms with Crippen LogP contribution >= 0.6 is 0 Å². The molecule has 0 saturated heterocycles. The topological polar surface area (TPSA) is 55.8 Å². The van der Waals surface area contributed by atoms with Gasteiger partial charge >= 0.3 is 12.1 Å². The Kier molecular flexibility index (Phi) is 6.82. The maximum absolute atomic E-state index is 13.0. The quantitative estimate of drug-likeness (QED) is 0.395. The molecule has 0 bridgehead atoms. The third-order valence-corrected chi connectivity index (χ3v) is 5.85. The number of aryl methyl sites for hydroxylation is 1. The van der Waals surface area contributed by atoms with Gasteiger partial charge < -0.3 is 14.4 Å². The number of amides is 1. The first-order chi connectivity index (χ1) is 16.7. The summed E-state index contributed by atoms with van der Waals surface area (Å²) in [5.74, 6) is 0.0999. The predicted molar refractivity (Wildman–Crippen MR) is 124 cm³/mol. The number of ether oxygens (including phenoxy) is 2. The fourth-order valence-corrected chi connectivity index (χ4v) is 4.09. The number of rotatable bonds is 7. The molecule has 35 heavy (non-hydrogen) atoms. The molecule has 1 amide bonds. The molecule has 0 aromatic heterocycles. The fraction of sp³-hybridized carbons (Fsp3) is 0.259. The van der Waals surface area contributed by atoms with Gasteiger partial charge in [0.15, 0.2) is 0 Å². The molecule has 0 aliphatic carbocycles. The highest BCUT2D eigenvalue weighted by atomic mass is 19.4. The summed E-state index contributed by atoms with van der Waals surface area (Å²) < 4.78 is 49.7. The van der Waals surface area contributed by atoms with Crippen LogP contribution in [0.25, 0.3) is 0 Å². The average Bonchev–Trinajstić information content (AvgIpc) is 3.15. The van der Waals surface area contributed by atoms with E-state index in [1.54, 1.807) is 25.1 Å². The number of fused-ring (bicyclic) bond motifs is 1. The summed E-state index contributed by atoms with van der Waals surface area (Å²) in [6.07, 6.45) is -4.25. The monoisotopic (exact) mass is 483 g/mol. The molecule has 0 saturated carbocycles. The lowest BCUT2D eigenvalue weighted by molar-refractivity contribution is -0.142. The van der Waals surface area contributed by atoms with E-state index >= 15 is 0 Å². The molecular formula is C27H24F3NO4. The minimum Gasteiger partial charge on any atom is -0.489 e. The molecule has 0 radical (unpaired) electrons. The van der Waals surface area contributed by atoms with Gasteiger partial charge in [-0.05, 0) is 72.5 Å². The summed E-state index contributed by atoms with van der Waals surface area (Å²) in [5.41, 5.74) is 3.44. The molecule has 0 fully saturated rings. The Labute approximate surface area is 201 Å². The molecule has 1 aliphatic rings. The van der Waals surface area contributed by atoms with Crippen molar-refractivity contribution >= 4 is 17.6 Å². The Balaban J connectivity index is 1.48. The normalized spacial score (nSPS) is 13.1. The molecule has 8 heteroatoms. The minimum atomic E-state index is -4.43. The molecule has 0 unspecified atom stereocenters. The van der Waals surface area contributed by atoms with E-state index < -0.39 is 11.7 Å². The Morgan fingerprint density at radius 2 is 1.80 bits per heavy atom. The van der Waals surface area contributed by atoms with Crippen LogP contribution in [0.15, 0.2) is 60.7 Å². The van der Waals surface area contributed by atoms with Crippen molar-refractivity contribution in [3.8, 4) is 5.75 Å².